The maximum atomic E-state index is 13.5. The number of ether oxygens (including phenoxy) is 2. The molecule has 3 atom stereocenters. The Morgan fingerprint density at radius 1 is 1.20 bits per heavy atom. The standard InChI is InChI=1S/C20H28N2O3/c1-14-5-7-19(8-6-14)17(23)16(22-21)4-3-15-13-20(24-11-12-25-20)10-9-18(15,19)2/h5,15H,3-4,6-13H2,1-2H3/t15-,18+,19-/m1/s1. The highest BCUT2D eigenvalue weighted by molar-refractivity contribution is 6.39. The number of Topliss-reactive ketones (excluding diaryl/α,β-unsaturated/α-hetero) is 1. The van der Waals surface area contributed by atoms with Crippen LogP contribution in [0.1, 0.15) is 65.2 Å². The zero-order chi connectivity index (χ0) is 17.7. The van der Waals surface area contributed by atoms with E-state index in [1.807, 2.05) is 0 Å². The van der Waals surface area contributed by atoms with Crippen molar-refractivity contribution in [3.8, 4) is 0 Å². The van der Waals surface area contributed by atoms with Crippen LogP contribution >= 0.6 is 0 Å². The molecule has 3 fully saturated rings. The number of hydrogen-bond donors (Lipinski definition) is 0. The van der Waals surface area contributed by atoms with Crippen molar-refractivity contribution in [2.24, 2.45) is 16.7 Å². The highest BCUT2D eigenvalue weighted by Gasteiger charge is 2.64. The van der Waals surface area contributed by atoms with Crippen molar-refractivity contribution >= 4 is 11.5 Å². The first-order valence-corrected chi connectivity index (χ1v) is 9.64. The average molecular weight is 344 g/mol. The molecule has 5 nitrogen and oxygen atoms in total. The van der Waals surface area contributed by atoms with E-state index in [2.05, 4.69) is 24.7 Å². The van der Waals surface area contributed by atoms with Gasteiger partial charge in [0.15, 0.2) is 5.79 Å². The quantitative estimate of drug-likeness (QED) is 0.382. The Hall–Kier alpha value is -1.29. The minimum atomic E-state index is -0.449. The van der Waals surface area contributed by atoms with Crippen molar-refractivity contribution in [2.75, 3.05) is 13.2 Å². The van der Waals surface area contributed by atoms with Crippen LogP contribution in [-0.2, 0) is 14.3 Å². The summed E-state index contributed by atoms with van der Waals surface area (Å²) in [6.45, 7) is 5.77. The summed E-state index contributed by atoms with van der Waals surface area (Å²) in [4.78, 5) is 16.9. The Morgan fingerprint density at radius 3 is 2.60 bits per heavy atom. The Bertz CT molecular complexity index is 672. The number of carbonyl (C=O) groups excluding carboxylic acids is 1. The van der Waals surface area contributed by atoms with E-state index >= 15 is 0 Å². The monoisotopic (exact) mass is 344 g/mol. The maximum Gasteiger partial charge on any atom is 0.335 e. The number of fused-ring (bicyclic) bond motifs is 2. The molecule has 0 aromatic rings. The summed E-state index contributed by atoms with van der Waals surface area (Å²) >= 11 is 0. The Balaban J connectivity index is 1.77. The topological polar surface area (TPSA) is 71.9 Å². The lowest BCUT2D eigenvalue weighted by molar-refractivity contribution is -0.220. The average Bonchev–Trinajstić information content (AvgIpc) is 3.04. The lowest BCUT2D eigenvalue weighted by Crippen LogP contribution is -2.56. The van der Waals surface area contributed by atoms with E-state index in [0.717, 1.165) is 44.9 Å². The van der Waals surface area contributed by atoms with E-state index in [4.69, 9.17) is 9.47 Å². The van der Waals surface area contributed by atoms with E-state index in [0.29, 0.717) is 31.3 Å². The van der Waals surface area contributed by atoms with Crippen molar-refractivity contribution in [2.45, 2.75) is 71.0 Å². The van der Waals surface area contributed by atoms with Crippen LogP contribution in [0.3, 0.4) is 0 Å². The van der Waals surface area contributed by atoms with Gasteiger partial charge in [-0.25, -0.2) is 0 Å². The fraction of sp³-hybridized carbons (Fsp3) is 0.800. The molecule has 136 valence electrons. The molecular formula is C20H28N2O3. The third kappa shape index (κ3) is 2.40. The first-order chi connectivity index (χ1) is 11.9. The summed E-state index contributed by atoms with van der Waals surface area (Å²) in [5, 5.41) is 0. The van der Waals surface area contributed by atoms with E-state index in [1.54, 1.807) is 0 Å². The van der Waals surface area contributed by atoms with Crippen molar-refractivity contribution in [1.82, 2.24) is 0 Å². The van der Waals surface area contributed by atoms with Crippen LogP contribution in [0.2, 0.25) is 0 Å². The Labute approximate surface area is 149 Å². The van der Waals surface area contributed by atoms with Gasteiger partial charge in [0.25, 0.3) is 0 Å². The van der Waals surface area contributed by atoms with Gasteiger partial charge in [-0.1, -0.05) is 18.6 Å². The second kappa shape index (κ2) is 5.87. The summed E-state index contributed by atoms with van der Waals surface area (Å²) < 4.78 is 12.0. The van der Waals surface area contributed by atoms with Gasteiger partial charge in [-0.2, -0.15) is 4.79 Å². The summed E-state index contributed by atoms with van der Waals surface area (Å²) in [7, 11) is 0. The van der Waals surface area contributed by atoms with Crippen molar-refractivity contribution in [3.63, 3.8) is 0 Å². The molecule has 5 heteroatoms. The molecule has 0 bridgehead atoms. The molecular weight excluding hydrogens is 316 g/mol. The molecule has 4 aliphatic rings. The third-order valence-electron chi connectivity index (χ3n) is 7.68. The number of carbonyl (C=O) groups is 1. The predicted molar refractivity (Wildman–Crippen MR) is 93.0 cm³/mol. The van der Waals surface area contributed by atoms with Crippen LogP contribution in [0.15, 0.2) is 11.6 Å². The van der Waals surface area contributed by atoms with Gasteiger partial charge in [0.1, 0.15) is 0 Å². The minimum absolute atomic E-state index is 0.0768. The van der Waals surface area contributed by atoms with Gasteiger partial charge in [0.2, 0.25) is 5.78 Å². The van der Waals surface area contributed by atoms with Crippen LogP contribution in [-0.4, -0.2) is 35.3 Å². The largest absolute Gasteiger partial charge is 0.361 e. The molecule has 1 aliphatic heterocycles. The van der Waals surface area contributed by atoms with Gasteiger partial charge in [-0.15, -0.1) is 0 Å². The number of ketones is 1. The molecule has 0 radical (unpaired) electrons. The normalized spacial score (nSPS) is 40.6. The Kier molecular flexibility index (Phi) is 4.02. The fourth-order valence-corrected chi connectivity index (χ4v) is 5.91. The van der Waals surface area contributed by atoms with E-state index < -0.39 is 11.2 Å². The van der Waals surface area contributed by atoms with E-state index in [9.17, 15) is 10.3 Å². The first-order valence-electron chi connectivity index (χ1n) is 9.64. The molecule has 2 saturated carbocycles. The number of allylic oxidation sites excluding steroid dienone is 2. The molecule has 3 aliphatic carbocycles. The molecule has 0 amide bonds. The van der Waals surface area contributed by atoms with Crippen molar-refractivity contribution in [3.05, 3.63) is 17.2 Å². The SMILES string of the molecule is CC1=CC[C@@]2(CC1)C(=O)C(=[N+]=[N-])CC[C@@H]1CC3(CC[C@@]12C)OCCO3. The lowest BCUT2D eigenvalue weighted by atomic mass is 9.48. The lowest BCUT2D eigenvalue weighted by Gasteiger charge is -2.56. The van der Waals surface area contributed by atoms with Gasteiger partial charge in [0.05, 0.1) is 25.0 Å². The van der Waals surface area contributed by atoms with Gasteiger partial charge in [-0.3, -0.25) is 4.79 Å². The van der Waals surface area contributed by atoms with Gasteiger partial charge < -0.3 is 15.0 Å². The van der Waals surface area contributed by atoms with Crippen LogP contribution < -0.4 is 0 Å². The summed E-state index contributed by atoms with van der Waals surface area (Å²) in [6, 6.07) is 0. The van der Waals surface area contributed by atoms with E-state index in [1.165, 1.54) is 5.57 Å². The second-order valence-electron chi connectivity index (χ2n) is 8.68. The summed E-state index contributed by atoms with van der Waals surface area (Å²) in [6.07, 6.45) is 8.84. The zero-order valence-corrected chi connectivity index (χ0v) is 15.3. The van der Waals surface area contributed by atoms with Crippen molar-refractivity contribution < 1.29 is 19.1 Å². The minimum Gasteiger partial charge on any atom is -0.361 e. The number of rotatable bonds is 0. The number of nitrogens with zero attached hydrogens (tertiary/aromatic N) is 2. The summed E-state index contributed by atoms with van der Waals surface area (Å²) in [5.41, 5.74) is 10.7. The van der Waals surface area contributed by atoms with Gasteiger partial charge >= 0.3 is 5.71 Å². The van der Waals surface area contributed by atoms with Crippen LogP contribution in [0.25, 0.3) is 5.53 Å². The highest BCUT2D eigenvalue weighted by Crippen LogP contribution is 2.63. The molecule has 0 aromatic heterocycles. The predicted octanol–water partition coefficient (Wildman–Crippen LogP) is 3.69. The van der Waals surface area contributed by atoms with Crippen LogP contribution in [0.5, 0.6) is 0 Å². The fourth-order valence-electron chi connectivity index (χ4n) is 5.91. The van der Waals surface area contributed by atoms with E-state index in [-0.39, 0.29) is 11.2 Å². The van der Waals surface area contributed by atoms with Gasteiger partial charge in [0, 0.05) is 12.8 Å². The molecule has 4 rings (SSSR count). The maximum absolute atomic E-state index is 13.5. The molecule has 0 aromatic carbocycles. The second-order valence-corrected chi connectivity index (χ2v) is 8.68. The molecule has 2 spiro atoms. The Morgan fingerprint density at radius 2 is 1.96 bits per heavy atom. The molecule has 1 heterocycles. The molecule has 25 heavy (non-hydrogen) atoms. The smallest absolute Gasteiger partial charge is 0.335 e. The highest BCUT2D eigenvalue weighted by atomic mass is 16.7. The third-order valence-corrected chi connectivity index (χ3v) is 7.68. The van der Waals surface area contributed by atoms with Crippen molar-refractivity contribution in [1.29, 1.82) is 0 Å². The van der Waals surface area contributed by atoms with Crippen LogP contribution in [0.4, 0.5) is 0 Å². The zero-order valence-electron chi connectivity index (χ0n) is 15.3. The summed E-state index contributed by atoms with van der Waals surface area (Å²) in [5.74, 6) is -0.0299. The van der Waals surface area contributed by atoms with Crippen LogP contribution in [0, 0.1) is 16.7 Å². The number of hydrogen-bond acceptors (Lipinski definition) is 3. The van der Waals surface area contributed by atoms with Gasteiger partial charge in [-0.05, 0) is 50.4 Å². The molecule has 0 unspecified atom stereocenters. The molecule has 0 N–H and O–H groups in total. The first kappa shape index (κ1) is 17.1. The molecule has 1 saturated heterocycles.